The van der Waals surface area contributed by atoms with Crippen LogP contribution in [0.4, 0.5) is 5.82 Å². The lowest BCUT2D eigenvalue weighted by Gasteiger charge is -2.26. The maximum absolute atomic E-state index is 11.8. The highest BCUT2D eigenvalue weighted by molar-refractivity contribution is 7.08. The van der Waals surface area contributed by atoms with Crippen LogP contribution in [0.5, 0.6) is 0 Å². The summed E-state index contributed by atoms with van der Waals surface area (Å²) in [7, 11) is 0. The number of hydrogen-bond donors (Lipinski definition) is 2. The summed E-state index contributed by atoms with van der Waals surface area (Å²) in [4.78, 5) is 14.3. The van der Waals surface area contributed by atoms with Crippen molar-refractivity contribution in [3.8, 4) is 0 Å². The number of hydrogen-bond acceptors (Lipinski definition) is 5. The largest absolute Gasteiger partial charge is 0.383 e. The number of aromatic nitrogens is 1. The molecule has 2 rings (SSSR count). The molecule has 1 aromatic rings. The first kappa shape index (κ1) is 9.42. The Hall–Kier alpha value is -1.14. The van der Waals surface area contributed by atoms with Gasteiger partial charge in [0.1, 0.15) is 10.7 Å². The number of anilines is 1. The smallest absolute Gasteiger partial charge is 0.265 e. The van der Waals surface area contributed by atoms with Crippen LogP contribution in [0.15, 0.2) is 6.07 Å². The fraction of sp³-hybridized carbons (Fsp3) is 0.500. The number of nitrogens with one attached hydrogen (secondary N) is 1. The van der Waals surface area contributed by atoms with E-state index >= 15 is 0 Å². The highest BCUT2D eigenvalue weighted by atomic mass is 32.1. The van der Waals surface area contributed by atoms with Crippen molar-refractivity contribution in [3.05, 3.63) is 10.9 Å². The van der Waals surface area contributed by atoms with E-state index in [2.05, 4.69) is 9.69 Å². The van der Waals surface area contributed by atoms with Gasteiger partial charge in [-0.2, -0.15) is 4.37 Å². The van der Waals surface area contributed by atoms with E-state index < -0.39 is 0 Å². The van der Waals surface area contributed by atoms with Crippen LogP contribution in [0.1, 0.15) is 9.67 Å². The van der Waals surface area contributed by atoms with Gasteiger partial charge in [-0.3, -0.25) is 4.79 Å². The van der Waals surface area contributed by atoms with Gasteiger partial charge in [0.2, 0.25) is 0 Å². The Kier molecular flexibility index (Phi) is 2.64. The lowest BCUT2D eigenvalue weighted by Crippen LogP contribution is -2.46. The van der Waals surface area contributed by atoms with Crippen LogP contribution < -0.4 is 11.1 Å². The van der Waals surface area contributed by atoms with Gasteiger partial charge in [-0.1, -0.05) is 0 Å². The van der Waals surface area contributed by atoms with Crippen molar-refractivity contribution in [3.63, 3.8) is 0 Å². The van der Waals surface area contributed by atoms with Gasteiger partial charge in [0.25, 0.3) is 5.91 Å². The van der Waals surface area contributed by atoms with Crippen molar-refractivity contribution < 1.29 is 4.79 Å². The third kappa shape index (κ3) is 1.85. The molecule has 0 atom stereocenters. The van der Waals surface area contributed by atoms with Crippen LogP contribution in [0.2, 0.25) is 0 Å². The number of rotatable bonds is 1. The lowest BCUT2D eigenvalue weighted by atomic mass is 10.3. The molecular weight excluding hydrogens is 200 g/mol. The summed E-state index contributed by atoms with van der Waals surface area (Å²) in [6.07, 6.45) is 0. The summed E-state index contributed by atoms with van der Waals surface area (Å²) in [6, 6.07) is 1.63. The first-order valence-electron chi connectivity index (χ1n) is 4.49. The summed E-state index contributed by atoms with van der Waals surface area (Å²) >= 11 is 1.16. The van der Waals surface area contributed by atoms with Crippen molar-refractivity contribution in [2.75, 3.05) is 31.9 Å². The van der Waals surface area contributed by atoms with E-state index in [9.17, 15) is 4.79 Å². The number of carbonyl (C=O) groups is 1. The molecule has 1 fully saturated rings. The summed E-state index contributed by atoms with van der Waals surface area (Å²) in [5.74, 6) is 0.467. The molecule has 76 valence electrons. The van der Waals surface area contributed by atoms with E-state index in [0.717, 1.165) is 37.7 Å². The second-order valence-corrected chi connectivity index (χ2v) is 3.96. The zero-order chi connectivity index (χ0) is 9.97. The molecule has 1 aliphatic heterocycles. The van der Waals surface area contributed by atoms with Crippen LogP contribution in [-0.2, 0) is 0 Å². The molecule has 1 saturated heterocycles. The van der Waals surface area contributed by atoms with E-state index in [0.29, 0.717) is 10.7 Å². The predicted molar refractivity (Wildman–Crippen MR) is 55.3 cm³/mol. The van der Waals surface area contributed by atoms with E-state index in [-0.39, 0.29) is 5.91 Å². The molecule has 1 aliphatic rings. The van der Waals surface area contributed by atoms with Crippen LogP contribution in [0.25, 0.3) is 0 Å². The zero-order valence-corrected chi connectivity index (χ0v) is 8.51. The molecule has 5 nitrogen and oxygen atoms in total. The number of amides is 1. The van der Waals surface area contributed by atoms with Crippen molar-refractivity contribution in [2.24, 2.45) is 0 Å². The molecule has 2 heterocycles. The second-order valence-electron chi connectivity index (χ2n) is 3.16. The quantitative estimate of drug-likeness (QED) is 0.674. The maximum atomic E-state index is 11.8. The zero-order valence-electron chi connectivity index (χ0n) is 7.69. The number of piperazine rings is 1. The summed E-state index contributed by atoms with van der Waals surface area (Å²) in [5, 5.41) is 3.20. The van der Waals surface area contributed by atoms with Crippen molar-refractivity contribution in [2.45, 2.75) is 0 Å². The molecule has 0 spiro atoms. The van der Waals surface area contributed by atoms with Gasteiger partial charge in [-0.15, -0.1) is 0 Å². The standard InChI is InChI=1S/C8H12N4OS/c9-7-5-6(14-11-7)8(13)12-3-1-10-2-4-12/h5,10H,1-4H2,(H2,9,11). The topological polar surface area (TPSA) is 71.2 Å². The van der Waals surface area contributed by atoms with Crippen LogP contribution in [0, 0.1) is 0 Å². The molecule has 0 bridgehead atoms. The van der Waals surface area contributed by atoms with Gasteiger partial charge >= 0.3 is 0 Å². The Bertz CT molecular complexity index is 332. The average Bonchev–Trinajstić information content (AvgIpc) is 2.65. The molecule has 0 aromatic carbocycles. The Morgan fingerprint density at radius 2 is 2.29 bits per heavy atom. The predicted octanol–water partition coefficient (Wildman–Crippen LogP) is -0.229. The first-order chi connectivity index (χ1) is 6.77. The van der Waals surface area contributed by atoms with Gasteiger partial charge in [0, 0.05) is 32.2 Å². The molecule has 14 heavy (non-hydrogen) atoms. The Morgan fingerprint density at radius 1 is 1.57 bits per heavy atom. The van der Waals surface area contributed by atoms with Crippen LogP contribution in [-0.4, -0.2) is 41.4 Å². The van der Waals surface area contributed by atoms with E-state index in [1.807, 2.05) is 4.90 Å². The minimum Gasteiger partial charge on any atom is -0.383 e. The van der Waals surface area contributed by atoms with E-state index in [1.54, 1.807) is 6.07 Å². The first-order valence-corrected chi connectivity index (χ1v) is 5.27. The molecule has 0 unspecified atom stereocenters. The molecule has 3 N–H and O–H groups in total. The molecule has 0 saturated carbocycles. The van der Waals surface area contributed by atoms with Crippen molar-refractivity contribution >= 4 is 23.3 Å². The number of carbonyl (C=O) groups excluding carboxylic acids is 1. The average molecular weight is 212 g/mol. The summed E-state index contributed by atoms with van der Waals surface area (Å²) in [5.41, 5.74) is 5.46. The lowest BCUT2D eigenvalue weighted by molar-refractivity contribution is 0.0740. The SMILES string of the molecule is Nc1cc(C(=O)N2CCNCC2)sn1. The Morgan fingerprint density at radius 3 is 2.86 bits per heavy atom. The van der Waals surface area contributed by atoms with E-state index in [1.165, 1.54) is 0 Å². The summed E-state index contributed by atoms with van der Waals surface area (Å²) < 4.78 is 3.89. The normalized spacial score (nSPS) is 17.0. The minimum absolute atomic E-state index is 0.0423. The highest BCUT2D eigenvalue weighted by Crippen LogP contribution is 2.14. The monoisotopic (exact) mass is 212 g/mol. The number of nitrogens with zero attached hydrogens (tertiary/aromatic N) is 2. The maximum Gasteiger partial charge on any atom is 0.265 e. The van der Waals surface area contributed by atoms with Gasteiger partial charge in [0.05, 0.1) is 0 Å². The van der Waals surface area contributed by atoms with Crippen molar-refractivity contribution in [1.82, 2.24) is 14.6 Å². The highest BCUT2D eigenvalue weighted by Gasteiger charge is 2.19. The Balaban J connectivity index is 2.07. The Labute approximate surface area is 86.1 Å². The second kappa shape index (κ2) is 3.93. The van der Waals surface area contributed by atoms with Crippen LogP contribution in [0.3, 0.4) is 0 Å². The van der Waals surface area contributed by atoms with Gasteiger partial charge in [0.15, 0.2) is 0 Å². The molecule has 0 radical (unpaired) electrons. The third-order valence-corrected chi connectivity index (χ3v) is 2.93. The van der Waals surface area contributed by atoms with Gasteiger partial charge in [-0.05, 0) is 11.5 Å². The fourth-order valence-electron chi connectivity index (χ4n) is 1.41. The molecule has 1 amide bonds. The molecule has 0 aliphatic carbocycles. The van der Waals surface area contributed by atoms with Gasteiger partial charge in [-0.25, -0.2) is 0 Å². The molecule has 1 aromatic heterocycles. The van der Waals surface area contributed by atoms with Gasteiger partial charge < -0.3 is 16.0 Å². The number of nitrogen functional groups attached to an aromatic ring is 1. The minimum atomic E-state index is 0.0423. The third-order valence-electron chi connectivity index (χ3n) is 2.14. The molecular formula is C8H12N4OS. The van der Waals surface area contributed by atoms with Crippen LogP contribution >= 0.6 is 11.5 Å². The fourth-order valence-corrected chi connectivity index (χ4v) is 2.05. The van der Waals surface area contributed by atoms with Crippen molar-refractivity contribution in [1.29, 1.82) is 0 Å². The van der Waals surface area contributed by atoms with E-state index in [4.69, 9.17) is 5.73 Å². The number of nitrogens with two attached hydrogens (primary N) is 1. The summed E-state index contributed by atoms with van der Waals surface area (Å²) in [6.45, 7) is 3.24. The molecule has 6 heteroatoms.